The number of anilines is 1. The van der Waals surface area contributed by atoms with E-state index in [9.17, 15) is 29.1 Å². The van der Waals surface area contributed by atoms with Crippen LogP contribution < -0.4 is 27.2 Å². The number of amides is 2. The summed E-state index contributed by atoms with van der Waals surface area (Å²) in [5, 5.41) is 20.1. The standard InChI is InChI=1S/C29H23N7O6/c1-13-16-6-7-19(18(16)5-4-17(13)29(41)42)34-28(40)22-9-21(32-12-33-22)27(39)31-10-14-2-3-15-11-36(35-20(15)8-14)24-23(30)25(37)26(24)38/h2-5,8-9,11-12,19H,6-7,10,30H2,1H3,(H,31,39)(H,34,40)(H,41,42)/t19-/m0/s1. The van der Waals surface area contributed by atoms with Crippen molar-refractivity contribution in [1.82, 2.24) is 30.4 Å². The number of rotatable bonds is 7. The molecule has 0 aliphatic heterocycles. The first-order valence-electron chi connectivity index (χ1n) is 13.0. The number of fused-ring (bicyclic) bond motifs is 2. The number of nitrogens with one attached hydrogen (secondary N) is 2. The Kier molecular flexibility index (Phi) is 6.33. The Balaban J connectivity index is 1.12. The maximum Gasteiger partial charge on any atom is 0.335 e. The molecule has 0 saturated carbocycles. The number of hydrogen-bond donors (Lipinski definition) is 4. The van der Waals surface area contributed by atoms with Gasteiger partial charge in [0.05, 0.1) is 17.1 Å². The molecule has 0 radical (unpaired) electrons. The summed E-state index contributed by atoms with van der Waals surface area (Å²) in [6, 6.07) is 9.54. The summed E-state index contributed by atoms with van der Waals surface area (Å²) in [6.07, 6.45) is 3.99. The summed E-state index contributed by atoms with van der Waals surface area (Å²) in [7, 11) is 0. The summed E-state index contributed by atoms with van der Waals surface area (Å²) in [5.41, 5.74) is 8.12. The molecule has 6 rings (SSSR count). The molecule has 1 aliphatic rings. The normalized spacial score (nSPS) is 14.2. The van der Waals surface area contributed by atoms with Crippen LogP contribution in [0, 0.1) is 6.92 Å². The van der Waals surface area contributed by atoms with Crippen LogP contribution in [0.3, 0.4) is 0 Å². The number of aromatic nitrogens is 4. The molecule has 2 heterocycles. The first-order chi connectivity index (χ1) is 20.1. The smallest absolute Gasteiger partial charge is 0.335 e. The minimum Gasteiger partial charge on any atom is -0.478 e. The zero-order valence-corrected chi connectivity index (χ0v) is 22.2. The van der Waals surface area contributed by atoms with Crippen molar-refractivity contribution in [3.8, 4) is 5.69 Å². The summed E-state index contributed by atoms with van der Waals surface area (Å²) < 4.78 is 1.28. The Bertz CT molecular complexity index is 2020. The van der Waals surface area contributed by atoms with Gasteiger partial charge in [0.15, 0.2) is 0 Å². The van der Waals surface area contributed by atoms with Crippen molar-refractivity contribution < 1.29 is 19.5 Å². The van der Waals surface area contributed by atoms with Crippen molar-refractivity contribution in [3.05, 3.63) is 109 Å². The molecule has 2 aromatic heterocycles. The van der Waals surface area contributed by atoms with Gasteiger partial charge in [-0.2, -0.15) is 5.10 Å². The Hall–Kier alpha value is -5.72. The molecule has 13 heteroatoms. The number of carboxylic acid groups (broad SMARTS) is 1. The molecular weight excluding hydrogens is 542 g/mol. The fourth-order valence-electron chi connectivity index (χ4n) is 5.28. The van der Waals surface area contributed by atoms with Crippen molar-refractivity contribution in [2.24, 2.45) is 0 Å². The monoisotopic (exact) mass is 565 g/mol. The number of carbonyl (C=O) groups is 3. The van der Waals surface area contributed by atoms with Crippen molar-refractivity contribution in [3.63, 3.8) is 0 Å². The topological polar surface area (TPSA) is 199 Å². The van der Waals surface area contributed by atoms with E-state index in [0.29, 0.717) is 34.9 Å². The van der Waals surface area contributed by atoms with Crippen molar-refractivity contribution >= 4 is 34.4 Å². The van der Waals surface area contributed by atoms with Gasteiger partial charge in [-0.05, 0) is 54.2 Å². The number of carbonyl (C=O) groups excluding carboxylic acids is 2. The second-order valence-corrected chi connectivity index (χ2v) is 10.0. The predicted molar refractivity (Wildman–Crippen MR) is 150 cm³/mol. The van der Waals surface area contributed by atoms with E-state index in [1.54, 1.807) is 43.5 Å². The lowest BCUT2D eigenvalue weighted by Gasteiger charge is -2.15. The molecule has 0 saturated heterocycles. The lowest BCUT2D eigenvalue weighted by atomic mass is 9.98. The number of carboxylic acids is 1. The van der Waals surface area contributed by atoms with Gasteiger partial charge in [-0.3, -0.25) is 19.2 Å². The van der Waals surface area contributed by atoms with Gasteiger partial charge in [0, 0.05) is 24.2 Å². The number of aromatic carboxylic acids is 1. The summed E-state index contributed by atoms with van der Waals surface area (Å²) >= 11 is 0. The number of hydrogen-bond acceptors (Lipinski definition) is 9. The third kappa shape index (κ3) is 4.46. The molecule has 0 bridgehead atoms. The van der Waals surface area contributed by atoms with Crippen molar-refractivity contribution in [2.45, 2.75) is 32.4 Å². The van der Waals surface area contributed by atoms with Crippen LogP contribution in [0.4, 0.5) is 5.69 Å². The molecule has 1 aliphatic carbocycles. The Morgan fingerprint density at radius 3 is 2.55 bits per heavy atom. The zero-order valence-electron chi connectivity index (χ0n) is 22.2. The predicted octanol–water partition coefficient (Wildman–Crippen LogP) is 1.35. The van der Waals surface area contributed by atoms with E-state index in [0.717, 1.165) is 17.5 Å². The first-order valence-corrected chi connectivity index (χ1v) is 13.0. The molecule has 0 fully saturated rings. The maximum atomic E-state index is 13.0. The Morgan fingerprint density at radius 1 is 1.05 bits per heavy atom. The lowest BCUT2D eigenvalue weighted by molar-refractivity contribution is 0.0695. The molecule has 42 heavy (non-hydrogen) atoms. The van der Waals surface area contributed by atoms with Crippen LogP contribution in [0.1, 0.15) is 66.1 Å². The van der Waals surface area contributed by atoms with Crippen LogP contribution in [-0.2, 0) is 13.0 Å². The van der Waals surface area contributed by atoms with Gasteiger partial charge < -0.3 is 21.5 Å². The van der Waals surface area contributed by atoms with E-state index in [1.165, 1.54) is 10.7 Å². The highest BCUT2D eigenvalue weighted by atomic mass is 16.4. The van der Waals surface area contributed by atoms with E-state index in [4.69, 9.17) is 5.73 Å². The van der Waals surface area contributed by atoms with Gasteiger partial charge in [0.1, 0.15) is 29.1 Å². The average Bonchev–Trinajstić information content (AvgIpc) is 3.59. The number of nitrogen functional groups attached to an aromatic ring is 1. The highest BCUT2D eigenvalue weighted by molar-refractivity contribution is 5.97. The highest BCUT2D eigenvalue weighted by Gasteiger charge is 2.28. The summed E-state index contributed by atoms with van der Waals surface area (Å²) in [4.78, 5) is 68.6. The molecule has 1 atom stereocenters. The number of nitrogens with zero attached hydrogens (tertiary/aromatic N) is 4. The van der Waals surface area contributed by atoms with Crippen molar-refractivity contribution in [1.29, 1.82) is 0 Å². The second-order valence-electron chi connectivity index (χ2n) is 10.0. The van der Waals surface area contributed by atoms with Crippen LogP contribution in [0.5, 0.6) is 0 Å². The van der Waals surface area contributed by atoms with Gasteiger partial charge in [-0.15, -0.1) is 0 Å². The van der Waals surface area contributed by atoms with Gasteiger partial charge in [0.2, 0.25) is 0 Å². The maximum absolute atomic E-state index is 13.0. The third-order valence-electron chi connectivity index (χ3n) is 7.54. The molecule has 0 spiro atoms. The van der Waals surface area contributed by atoms with Gasteiger partial charge >= 0.3 is 5.97 Å². The largest absolute Gasteiger partial charge is 0.478 e. The van der Waals surface area contributed by atoms with Crippen LogP contribution in [0.2, 0.25) is 0 Å². The van der Waals surface area contributed by atoms with E-state index in [2.05, 4.69) is 25.7 Å². The van der Waals surface area contributed by atoms with Gasteiger partial charge in [-0.25, -0.2) is 19.4 Å². The zero-order chi connectivity index (χ0) is 29.7. The summed E-state index contributed by atoms with van der Waals surface area (Å²) in [6.45, 7) is 1.90. The molecule has 5 aromatic rings. The average molecular weight is 566 g/mol. The number of nitrogens with two attached hydrogens (primary N) is 1. The number of benzene rings is 2. The van der Waals surface area contributed by atoms with Crippen LogP contribution in [-0.4, -0.2) is 42.6 Å². The Labute approximate surface area is 236 Å². The molecule has 0 unspecified atom stereocenters. The molecule has 13 nitrogen and oxygen atoms in total. The van der Waals surface area contributed by atoms with Crippen LogP contribution in [0.25, 0.3) is 16.6 Å². The SMILES string of the molecule is Cc1c(C(=O)O)ccc2c1CC[C@@H]2NC(=O)c1cc(C(=O)NCc2ccc3cn(-c4c(N)c(=O)c4=O)nc3c2)ncn1. The second kappa shape index (κ2) is 10.0. The molecule has 210 valence electrons. The van der Waals surface area contributed by atoms with E-state index < -0.39 is 28.6 Å². The van der Waals surface area contributed by atoms with E-state index >= 15 is 0 Å². The molecule has 3 aromatic carbocycles. The van der Waals surface area contributed by atoms with Gasteiger partial charge in [0.25, 0.3) is 22.7 Å². The van der Waals surface area contributed by atoms with E-state index in [1.807, 2.05) is 0 Å². The fourth-order valence-corrected chi connectivity index (χ4v) is 5.28. The fraction of sp³-hybridized carbons (Fsp3) is 0.172. The van der Waals surface area contributed by atoms with Crippen LogP contribution in [0.15, 0.2) is 58.5 Å². The summed E-state index contributed by atoms with van der Waals surface area (Å²) in [5.74, 6) is -1.99. The van der Waals surface area contributed by atoms with Crippen LogP contribution >= 0.6 is 0 Å². The third-order valence-corrected chi connectivity index (χ3v) is 7.54. The Morgan fingerprint density at radius 2 is 1.81 bits per heavy atom. The molecular formula is C29H23N7O6. The lowest BCUT2D eigenvalue weighted by Crippen LogP contribution is -2.38. The minimum atomic E-state index is -0.991. The highest BCUT2D eigenvalue weighted by Crippen LogP contribution is 2.34. The van der Waals surface area contributed by atoms with Gasteiger partial charge in [-0.1, -0.05) is 18.2 Å². The quantitative estimate of drug-likeness (QED) is 0.209. The van der Waals surface area contributed by atoms with E-state index in [-0.39, 0.29) is 40.9 Å². The molecule has 5 N–H and O–H groups in total. The molecule has 2 amide bonds. The minimum absolute atomic E-state index is 0.00449. The van der Waals surface area contributed by atoms with Crippen molar-refractivity contribution in [2.75, 3.05) is 5.73 Å². The first kappa shape index (κ1) is 26.5.